The first-order valence-corrected chi connectivity index (χ1v) is 6.25. The number of nitro groups is 1. The average Bonchev–Trinajstić information content (AvgIpc) is 2.34. The third-order valence-corrected chi connectivity index (χ3v) is 2.71. The third kappa shape index (κ3) is 4.51. The van der Waals surface area contributed by atoms with Crippen molar-refractivity contribution in [3.05, 3.63) is 33.9 Å². The molecule has 1 rings (SSSR count). The zero-order valence-electron chi connectivity index (χ0n) is 11.4. The molecule has 7 heteroatoms. The summed E-state index contributed by atoms with van der Waals surface area (Å²) in [5.74, 6) is -0.863. The van der Waals surface area contributed by atoms with Crippen molar-refractivity contribution in [3.8, 4) is 0 Å². The van der Waals surface area contributed by atoms with E-state index in [2.05, 4.69) is 5.32 Å². The standard InChI is InChI=1S/C13H18N2O5/c1-8(2)5-10(16)7-14-11-6-9(13(17)18)3-4-12(11)15(19)20/h3-4,6,8,10,14,16H,5,7H2,1-2H3,(H,17,18). The smallest absolute Gasteiger partial charge is 0.335 e. The summed E-state index contributed by atoms with van der Waals surface area (Å²) < 4.78 is 0. The van der Waals surface area contributed by atoms with Gasteiger partial charge in [0.2, 0.25) is 0 Å². The Hall–Kier alpha value is -2.15. The highest BCUT2D eigenvalue weighted by Gasteiger charge is 2.17. The van der Waals surface area contributed by atoms with Crippen molar-refractivity contribution in [2.24, 2.45) is 5.92 Å². The van der Waals surface area contributed by atoms with Crippen molar-refractivity contribution in [1.29, 1.82) is 0 Å². The number of aliphatic hydroxyl groups is 1. The number of anilines is 1. The molecule has 1 aromatic rings. The number of hydrogen-bond donors (Lipinski definition) is 3. The number of benzene rings is 1. The summed E-state index contributed by atoms with van der Waals surface area (Å²) in [6, 6.07) is 3.51. The first-order chi connectivity index (χ1) is 9.31. The molecule has 0 aliphatic rings. The number of rotatable bonds is 7. The number of aliphatic hydroxyl groups excluding tert-OH is 1. The van der Waals surface area contributed by atoms with Crippen LogP contribution in [-0.4, -0.2) is 33.8 Å². The fraction of sp³-hybridized carbons (Fsp3) is 0.462. The van der Waals surface area contributed by atoms with Gasteiger partial charge in [-0.2, -0.15) is 0 Å². The number of carboxylic acid groups (broad SMARTS) is 1. The van der Waals surface area contributed by atoms with Gasteiger partial charge in [-0.05, 0) is 24.5 Å². The van der Waals surface area contributed by atoms with Crippen LogP contribution in [0.5, 0.6) is 0 Å². The second-order valence-corrected chi connectivity index (χ2v) is 4.96. The Morgan fingerprint density at radius 3 is 2.60 bits per heavy atom. The molecule has 0 spiro atoms. The number of hydrogen-bond acceptors (Lipinski definition) is 5. The van der Waals surface area contributed by atoms with Crippen LogP contribution >= 0.6 is 0 Å². The van der Waals surface area contributed by atoms with Crippen molar-refractivity contribution in [2.45, 2.75) is 26.4 Å². The topological polar surface area (TPSA) is 113 Å². The van der Waals surface area contributed by atoms with Crippen LogP contribution < -0.4 is 5.32 Å². The number of nitrogens with one attached hydrogen (secondary N) is 1. The zero-order valence-corrected chi connectivity index (χ0v) is 11.4. The van der Waals surface area contributed by atoms with Crippen molar-refractivity contribution in [2.75, 3.05) is 11.9 Å². The lowest BCUT2D eigenvalue weighted by molar-refractivity contribution is -0.384. The molecule has 1 unspecified atom stereocenters. The molecule has 0 bridgehead atoms. The predicted molar refractivity (Wildman–Crippen MR) is 74.0 cm³/mol. The summed E-state index contributed by atoms with van der Waals surface area (Å²) in [7, 11) is 0. The quantitative estimate of drug-likeness (QED) is 0.521. The van der Waals surface area contributed by atoms with E-state index in [1.54, 1.807) is 0 Å². The van der Waals surface area contributed by atoms with Gasteiger partial charge in [0.15, 0.2) is 0 Å². The number of aromatic carboxylic acids is 1. The molecule has 7 nitrogen and oxygen atoms in total. The van der Waals surface area contributed by atoms with Gasteiger partial charge in [0.25, 0.3) is 5.69 Å². The Kier molecular flexibility index (Phi) is 5.45. The predicted octanol–water partition coefficient (Wildman–Crippen LogP) is 2.11. The second-order valence-electron chi connectivity index (χ2n) is 4.96. The van der Waals surface area contributed by atoms with E-state index in [-0.39, 0.29) is 23.5 Å². The Morgan fingerprint density at radius 2 is 2.10 bits per heavy atom. The van der Waals surface area contributed by atoms with Gasteiger partial charge in [-0.3, -0.25) is 10.1 Å². The molecule has 1 aromatic carbocycles. The highest BCUT2D eigenvalue weighted by molar-refractivity contribution is 5.90. The van der Waals surface area contributed by atoms with Gasteiger partial charge in [0.1, 0.15) is 5.69 Å². The van der Waals surface area contributed by atoms with Crippen molar-refractivity contribution >= 4 is 17.3 Å². The van der Waals surface area contributed by atoms with Gasteiger partial charge >= 0.3 is 5.97 Å². The molecule has 0 heterocycles. The highest BCUT2D eigenvalue weighted by Crippen LogP contribution is 2.25. The summed E-state index contributed by atoms with van der Waals surface area (Å²) in [6.07, 6.45) is -0.0949. The minimum atomic E-state index is -1.16. The summed E-state index contributed by atoms with van der Waals surface area (Å²) in [5, 5.41) is 32.2. The van der Waals surface area contributed by atoms with Gasteiger partial charge in [0, 0.05) is 12.6 Å². The fourth-order valence-electron chi connectivity index (χ4n) is 1.83. The molecule has 0 aliphatic carbocycles. The van der Waals surface area contributed by atoms with Gasteiger partial charge in [-0.15, -0.1) is 0 Å². The van der Waals surface area contributed by atoms with Crippen LogP contribution in [0.3, 0.4) is 0 Å². The molecule has 3 N–H and O–H groups in total. The zero-order chi connectivity index (χ0) is 15.3. The number of carboxylic acids is 1. The summed E-state index contributed by atoms with van der Waals surface area (Å²) in [5.41, 5.74) is -0.166. The van der Waals surface area contributed by atoms with Gasteiger partial charge in [-0.1, -0.05) is 13.8 Å². The molecular formula is C13H18N2O5. The lowest BCUT2D eigenvalue weighted by Gasteiger charge is -2.15. The average molecular weight is 282 g/mol. The maximum Gasteiger partial charge on any atom is 0.335 e. The fourth-order valence-corrected chi connectivity index (χ4v) is 1.83. The Balaban J connectivity index is 2.88. The minimum Gasteiger partial charge on any atom is -0.478 e. The monoisotopic (exact) mass is 282 g/mol. The summed E-state index contributed by atoms with van der Waals surface area (Å²) in [4.78, 5) is 21.2. The maximum absolute atomic E-state index is 10.9. The molecule has 0 amide bonds. The van der Waals surface area contributed by atoms with E-state index in [4.69, 9.17) is 5.11 Å². The lowest BCUT2D eigenvalue weighted by atomic mass is 10.1. The molecule has 0 aliphatic heterocycles. The van der Waals surface area contributed by atoms with Crippen LogP contribution in [0.4, 0.5) is 11.4 Å². The Labute approximate surface area is 116 Å². The van der Waals surface area contributed by atoms with E-state index >= 15 is 0 Å². The Bertz CT molecular complexity index is 502. The summed E-state index contributed by atoms with van der Waals surface area (Å²) >= 11 is 0. The van der Waals surface area contributed by atoms with Crippen molar-refractivity contribution in [3.63, 3.8) is 0 Å². The first kappa shape index (κ1) is 15.9. The number of nitro benzene ring substituents is 1. The van der Waals surface area contributed by atoms with Crippen LogP contribution in [0.1, 0.15) is 30.6 Å². The lowest BCUT2D eigenvalue weighted by Crippen LogP contribution is -2.21. The molecular weight excluding hydrogens is 264 g/mol. The molecule has 0 saturated carbocycles. The number of carbonyl (C=O) groups is 1. The Morgan fingerprint density at radius 1 is 1.45 bits per heavy atom. The minimum absolute atomic E-state index is 0.0450. The van der Waals surface area contributed by atoms with E-state index < -0.39 is 17.0 Å². The van der Waals surface area contributed by atoms with E-state index in [1.807, 2.05) is 13.8 Å². The van der Waals surface area contributed by atoms with Crippen molar-refractivity contribution < 1.29 is 19.9 Å². The number of nitrogens with zero attached hydrogens (tertiary/aromatic N) is 1. The normalized spacial score (nSPS) is 12.2. The van der Waals surface area contributed by atoms with E-state index in [9.17, 15) is 20.0 Å². The maximum atomic E-state index is 10.9. The largest absolute Gasteiger partial charge is 0.478 e. The van der Waals surface area contributed by atoms with Crippen LogP contribution in [0, 0.1) is 16.0 Å². The van der Waals surface area contributed by atoms with Crippen LogP contribution in [0.2, 0.25) is 0 Å². The second kappa shape index (κ2) is 6.85. The molecule has 1 atom stereocenters. The molecule has 0 saturated heterocycles. The summed E-state index contributed by atoms with van der Waals surface area (Å²) in [6.45, 7) is 4.04. The molecule has 110 valence electrons. The highest BCUT2D eigenvalue weighted by atomic mass is 16.6. The van der Waals surface area contributed by atoms with Crippen LogP contribution in [0.15, 0.2) is 18.2 Å². The molecule has 20 heavy (non-hydrogen) atoms. The van der Waals surface area contributed by atoms with Gasteiger partial charge < -0.3 is 15.5 Å². The first-order valence-electron chi connectivity index (χ1n) is 6.25. The molecule has 0 fully saturated rings. The van der Waals surface area contributed by atoms with Crippen LogP contribution in [-0.2, 0) is 0 Å². The molecule has 0 radical (unpaired) electrons. The SMILES string of the molecule is CC(C)CC(O)CNc1cc(C(=O)O)ccc1[N+](=O)[O-]. The molecule has 0 aromatic heterocycles. The third-order valence-electron chi connectivity index (χ3n) is 2.71. The van der Waals surface area contributed by atoms with Gasteiger partial charge in [0.05, 0.1) is 16.6 Å². The van der Waals surface area contributed by atoms with E-state index in [0.717, 1.165) is 6.07 Å². The van der Waals surface area contributed by atoms with E-state index in [1.165, 1.54) is 12.1 Å². The van der Waals surface area contributed by atoms with Crippen molar-refractivity contribution in [1.82, 2.24) is 0 Å². The van der Waals surface area contributed by atoms with E-state index in [0.29, 0.717) is 12.3 Å². The van der Waals surface area contributed by atoms with Gasteiger partial charge in [-0.25, -0.2) is 4.79 Å². The van der Waals surface area contributed by atoms with Crippen LogP contribution in [0.25, 0.3) is 0 Å².